The van der Waals surface area contributed by atoms with Crippen LogP contribution in [0.15, 0.2) is 22.3 Å². The van der Waals surface area contributed by atoms with Crippen LogP contribution in [0.2, 0.25) is 0 Å². The number of carboxylic acids is 2. The quantitative estimate of drug-likeness (QED) is 0.501. The molecule has 0 bridgehead atoms. The van der Waals surface area contributed by atoms with Crippen molar-refractivity contribution in [3.8, 4) is 0 Å². The zero-order chi connectivity index (χ0) is 20.7. The molecule has 0 radical (unpaired) electrons. The largest absolute Gasteiger partial charge is 2.00 e. The van der Waals surface area contributed by atoms with Crippen LogP contribution in [0.25, 0.3) is 0 Å². The standard InChI is InChI=1S/C13H17.2C4H8O2.CH3O.Ti/c1-3-7-12-10(5-1)9-11-6-2-4-8-13(11)12;2*1-2-3-4(5)6;1-2;/h5H,1-4,6-9H2;2*2-3H2,1H3,(H,5,6);1H3;/q-1;;;-1;+2. The predicted octanol–water partition coefficient (Wildman–Crippen LogP) is 4.66. The molecule has 0 spiro atoms. The smallest absolute Gasteiger partial charge is 0.857 e. The van der Waals surface area contributed by atoms with Gasteiger partial charge in [-0.05, 0) is 38.5 Å². The van der Waals surface area contributed by atoms with Gasteiger partial charge in [-0.1, -0.05) is 38.7 Å². The maximum Gasteiger partial charge on any atom is 2.00 e. The summed E-state index contributed by atoms with van der Waals surface area (Å²) >= 11 is 0. The molecule has 3 aliphatic carbocycles. The molecule has 0 aliphatic heterocycles. The van der Waals surface area contributed by atoms with E-state index in [1.807, 2.05) is 13.8 Å². The second kappa shape index (κ2) is 18.0. The van der Waals surface area contributed by atoms with Gasteiger partial charge in [0.15, 0.2) is 0 Å². The molecule has 0 aromatic rings. The molecule has 0 aromatic heterocycles. The fourth-order valence-electron chi connectivity index (χ4n) is 3.55. The first-order valence-corrected chi connectivity index (χ1v) is 10.1. The van der Waals surface area contributed by atoms with Crippen molar-refractivity contribution in [3.63, 3.8) is 0 Å². The minimum absolute atomic E-state index is 0. The number of carboxylic acid groups (broad SMARTS) is 2. The van der Waals surface area contributed by atoms with Crippen molar-refractivity contribution >= 4 is 11.9 Å². The Balaban J connectivity index is 0. The molecule has 5 nitrogen and oxygen atoms in total. The van der Waals surface area contributed by atoms with Crippen molar-refractivity contribution in [2.45, 2.75) is 90.9 Å². The number of rotatable bonds is 4. The van der Waals surface area contributed by atoms with E-state index in [1.54, 1.807) is 22.3 Å². The average molecular weight is 428 g/mol. The van der Waals surface area contributed by atoms with E-state index in [9.17, 15) is 9.59 Å². The van der Waals surface area contributed by atoms with Gasteiger partial charge in [-0.15, -0.1) is 12.0 Å². The molecule has 3 aliphatic rings. The summed E-state index contributed by atoms with van der Waals surface area (Å²) in [5, 5.41) is 24.1. The fraction of sp³-hybridized carbons (Fsp3) is 0.682. The number of hydrogen-bond donors (Lipinski definition) is 2. The topological polar surface area (TPSA) is 97.7 Å². The Labute approximate surface area is 185 Å². The van der Waals surface area contributed by atoms with Gasteiger partial charge < -0.3 is 15.3 Å². The van der Waals surface area contributed by atoms with E-state index < -0.39 is 11.9 Å². The van der Waals surface area contributed by atoms with Crippen LogP contribution in [0.5, 0.6) is 0 Å². The zero-order valence-electron chi connectivity index (χ0n) is 17.7. The van der Waals surface area contributed by atoms with Crippen LogP contribution in [0, 0.1) is 6.42 Å². The van der Waals surface area contributed by atoms with Crippen molar-refractivity contribution in [1.29, 1.82) is 0 Å². The van der Waals surface area contributed by atoms with E-state index >= 15 is 0 Å². The zero-order valence-corrected chi connectivity index (χ0v) is 19.2. The Morgan fingerprint density at radius 2 is 1.39 bits per heavy atom. The summed E-state index contributed by atoms with van der Waals surface area (Å²) in [7, 11) is 0.750. The van der Waals surface area contributed by atoms with Gasteiger partial charge in [-0.25, -0.2) is 12.0 Å². The minimum Gasteiger partial charge on any atom is -0.857 e. The third kappa shape index (κ3) is 11.7. The summed E-state index contributed by atoms with van der Waals surface area (Å²) < 4.78 is 0. The van der Waals surface area contributed by atoms with Gasteiger partial charge in [0.1, 0.15) is 0 Å². The molecule has 0 heterocycles. The molecule has 158 valence electrons. The molecule has 28 heavy (non-hydrogen) atoms. The molecule has 0 aromatic carbocycles. The van der Waals surface area contributed by atoms with Crippen LogP contribution < -0.4 is 5.11 Å². The molecule has 0 unspecified atom stereocenters. The Morgan fingerprint density at radius 1 is 0.893 bits per heavy atom. The molecule has 0 amide bonds. The van der Waals surface area contributed by atoms with Gasteiger partial charge in [0.25, 0.3) is 0 Å². The van der Waals surface area contributed by atoms with Crippen molar-refractivity contribution in [2.24, 2.45) is 0 Å². The summed E-state index contributed by atoms with van der Waals surface area (Å²) in [4.78, 5) is 19.2. The fourth-order valence-corrected chi connectivity index (χ4v) is 3.55. The van der Waals surface area contributed by atoms with E-state index in [2.05, 4.69) is 6.42 Å². The van der Waals surface area contributed by atoms with Crippen LogP contribution in [-0.4, -0.2) is 29.3 Å². The second-order valence-corrected chi connectivity index (χ2v) is 6.85. The summed E-state index contributed by atoms with van der Waals surface area (Å²) in [6.45, 7) is 3.68. The van der Waals surface area contributed by atoms with E-state index in [4.69, 9.17) is 15.3 Å². The van der Waals surface area contributed by atoms with Gasteiger partial charge >= 0.3 is 33.7 Å². The molecule has 6 heteroatoms. The number of allylic oxidation sites excluding steroid dienone is 4. The normalized spacial score (nSPS) is 16.3. The first-order valence-electron chi connectivity index (χ1n) is 10.1. The third-order valence-corrected chi connectivity index (χ3v) is 4.69. The molecule has 2 N–H and O–H groups in total. The van der Waals surface area contributed by atoms with Crippen molar-refractivity contribution < 1.29 is 46.6 Å². The average Bonchev–Trinajstić information content (AvgIpc) is 3.03. The maximum atomic E-state index is 9.60. The van der Waals surface area contributed by atoms with Gasteiger partial charge in [-0.2, -0.15) is 12.7 Å². The predicted molar refractivity (Wildman–Crippen MR) is 106 cm³/mol. The van der Waals surface area contributed by atoms with E-state index in [1.165, 1.54) is 51.4 Å². The van der Waals surface area contributed by atoms with E-state index in [-0.39, 0.29) is 21.7 Å². The molecule has 0 fully saturated rings. The molecule has 3 rings (SSSR count). The Morgan fingerprint density at radius 3 is 1.86 bits per heavy atom. The van der Waals surface area contributed by atoms with Crippen LogP contribution in [-0.2, 0) is 31.3 Å². The molecular weight excluding hydrogens is 392 g/mol. The van der Waals surface area contributed by atoms with E-state index in [0.717, 1.165) is 20.0 Å². The number of hydrogen-bond acceptors (Lipinski definition) is 3. The Hall–Kier alpha value is -1.04. The summed E-state index contributed by atoms with van der Waals surface area (Å²) in [5.41, 5.74) is 7.06. The number of carbonyl (C=O) groups is 2. The van der Waals surface area contributed by atoms with Crippen molar-refractivity contribution in [1.82, 2.24) is 0 Å². The summed E-state index contributed by atoms with van der Waals surface area (Å²) in [5.74, 6) is -1.42. The number of aliphatic carboxylic acids is 2. The molecular formula is C22H36O5Ti. The third-order valence-electron chi connectivity index (χ3n) is 4.69. The van der Waals surface area contributed by atoms with Crippen LogP contribution in [0.3, 0.4) is 0 Å². The van der Waals surface area contributed by atoms with Crippen LogP contribution >= 0.6 is 0 Å². The van der Waals surface area contributed by atoms with Crippen molar-refractivity contribution in [3.05, 3.63) is 28.7 Å². The van der Waals surface area contributed by atoms with E-state index in [0.29, 0.717) is 12.8 Å². The van der Waals surface area contributed by atoms with Crippen LogP contribution in [0.4, 0.5) is 0 Å². The molecule has 0 saturated carbocycles. The molecule has 0 atom stereocenters. The summed E-state index contributed by atoms with van der Waals surface area (Å²) in [6, 6.07) is 0. The van der Waals surface area contributed by atoms with Crippen molar-refractivity contribution in [2.75, 3.05) is 7.11 Å². The van der Waals surface area contributed by atoms with Gasteiger partial charge in [0.05, 0.1) is 0 Å². The monoisotopic (exact) mass is 428 g/mol. The summed E-state index contributed by atoms with van der Waals surface area (Å²) in [6.07, 6.45) is 15.7. The van der Waals surface area contributed by atoms with Gasteiger partial charge in [-0.3, -0.25) is 9.59 Å². The van der Waals surface area contributed by atoms with Crippen LogP contribution in [0.1, 0.15) is 90.9 Å². The second-order valence-electron chi connectivity index (χ2n) is 6.85. The Bertz CT molecular complexity index is 477. The van der Waals surface area contributed by atoms with Gasteiger partial charge in [0, 0.05) is 12.8 Å². The first-order chi connectivity index (χ1) is 13.0. The minimum atomic E-state index is -0.711. The molecule has 0 saturated heterocycles. The SMILES string of the molecule is CCCC(=O)O.CCCC(=O)O.C[O-].[CH-]1CCCC2=C1CC1=C2CCCC1.[Ti+2]. The first kappa shape index (κ1) is 29.2. The maximum absolute atomic E-state index is 9.60. The Kier molecular flexibility index (Phi) is 18.8. The van der Waals surface area contributed by atoms with Gasteiger partial charge in [0.2, 0.25) is 0 Å². The number of fused-ring (bicyclic) bond motifs is 1.